The van der Waals surface area contributed by atoms with Crippen molar-refractivity contribution in [1.82, 2.24) is 19.7 Å². The fourth-order valence-electron chi connectivity index (χ4n) is 4.85. The molecule has 1 fully saturated rings. The zero-order chi connectivity index (χ0) is 26.1. The van der Waals surface area contributed by atoms with E-state index in [2.05, 4.69) is 10.3 Å². The number of carbonyl (C=O) groups excluding carboxylic acids is 3. The number of aromatic nitrogens is 1. The first-order chi connectivity index (χ1) is 17.8. The van der Waals surface area contributed by atoms with E-state index >= 15 is 0 Å². The summed E-state index contributed by atoms with van der Waals surface area (Å²) in [4.78, 5) is 47.4. The number of pyridine rings is 1. The van der Waals surface area contributed by atoms with E-state index in [-0.39, 0.29) is 24.3 Å². The van der Waals surface area contributed by atoms with Crippen LogP contribution in [0.1, 0.15) is 22.5 Å². The number of fused-ring (bicyclic) bond motifs is 3. The number of para-hydroxylation sites is 1. The Morgan fingerprint density at radius 3 is 2.89 bits per heavy atom. The topological polar surface area (TPSA) is 125 Å². The minimum atomic E-state index is -0.464. The van der Waals surface area contributed by atoms with Crippen molar-refractivity contribution in [2.24, 2.45) is 5.73 Å². The quantitative estimate of drug-likeness (QED) is 0.509. The standard InChI is InChI=1S/C27H30N6O4/c1-17-20-5-3-4-6-22(20)37-23(17)16-31(2)24(34)8-7-18-11-19-14-32-9-10-33(25(35)12-28)15-21(32)27(36)30-26(19)29-13-18/h3-8,11,13,21H,9-10,12,14-16,28H2,1-2H3,(H,29,30,36)/b8-7+. The SMILES string of the molecule is Cc1c(CN(C)C(=O)/C=C/c2cnc3c(c2)CN2CCN(C(=O)CN)CC2C(=O)N3)oc2ccccc12. The van der Waals surface area contributed by atoms with Crippen molar-refractivity contribution < 1.29 is 18.8 Å². The summed E-state index contributed by atoms with van der Waals surface area (Å²) >= 11 is 0. The molecule has 2 aliphatic rings. The van der Waals surface area contributed by atoms with Gasteiger partial charge in [-0.3, -0.25) is 19.3 Å². The second-order valence-electron chi connectivity index (χ2n) is 9.47. The van der Waals surface area contributed by atoms with Crippen LogP contribution in [0.3, 0.4) is 0 Å². The van der Waals surface area contributed by atoms with E-state index in [0.29, 0.717) is 38.5 Å². The van der Waals surface area contributed by atoms with Gasteiger partial charge >= 0.3 is 0 Å². The Morgan fingerprint density at radius 1 is 1.30 bits per heavy atom. The van der Waals surface area contributed by atoms with Gasteiger partial charge in [-0.25, -0.2) is 4.98 Å². The monoisotopic (exact) mass is 502 g/mol. The third-order valence-electron chi connectivity index (χ3n) is 7.04. The molecule has 1 saturated heterocycles. The smallest absolute Gasteiger partial charge is 0.246 e. The van der Waals surface area contributed by atoms with Crippen molar-refractivity contribution in [2.45, 2.75) is 26.1 Å². The number of nitrogens with one attached hydrogen (secondary N) is 1. The van der Waals surface area contributed by atoms with E-state index in [1.807, 2.05) is 42.2 Å². The molecule has 3 amide bonds. The number of nitrogens with two attached hydrogens (primary N) is 1. The van der Waals surface area contributed by atoms with Gasteiger partial charge < -0.3 is 25.3 Å². The Labute approximate surface area is 214 Å². The number of likely N-dealkylation sites (N-methyl/N-ethyl adjacent to an activating group) is 1. The maximum atomic E-state index is 12.8. The molecule has 10 heteroatoms. The predicted octanol–water partition coefficient (Wildman–Crippen LogP) is 1.73. The molecule has 3 aromatic rings. The maximum absolute atomic E-state index is 12.8. The van der Waals surface area contributed by atoms with Crippen LogP contribution in [-0.4, -0.2) is 76.7 Å². The van der Waals surface area contributed by atoms with Gasteiger partial charge in [-0.2, -0.15) is 0 Å². The highest BCUT2D eigenvalue weighted by atomic mass is 16.3. The fourth-order valence-corrected chi connectivity index (χ4v) is 4.85. The first-order valence-electron chi connectivity index (χ1n) is 12.3. The molecule has 5 rings (SSSR count). The minimum Gasteiger partial charge on any atom is -0.459 e. The van der Waals surface area contributed by atoms with Crippen LogP contribution in [0.25, 0.3) is 17.0 Å². The molecular formula is C27H30N6O4. The van der Waals surface area contributed by atoms with Crippen molar-refractivity contribution in [1.29, 1.82) is 0 Å². The van der Waals surface area contributed by atoms with Crippen LogP contribution in [0.4, 0.5) is 5.82 Å². The van der Waals surface area contributed by atoms with Gasteiger partial charge in [0, 0.05) is 62.0 Å². The number of carbonyl (C=O) groups is 3. The number of rotatable bonds is 5. The number of nitrogens with zero attached hydrogens (tertiary/aromatic N) is 4. The van der Waals surface area contributed by atoms with Gasteiger partial charge in [0.05, 0.1) is 13.1 Å². The summed E-state index contributed by atoms with van der Waals surface area (Å²) in [6, 6.07) is 9.28. The maximum Gasteiger partial charge on any atom is 0.246 e. The Morgan fingerprint density at radius 2 is 2.11 bits per heavy atom. The number of aryl methyl sites for hydroxylation is 1. The van der Waals surface area contributed by atoms with Crippen LogP contribution >= 0.6 is 0 Å². The highest BCUT2D eigenvalue weighted by Gasteiger charge is 2.36. The van der Waals surface area contributed by atoms with E-state index in [1.165, 1.54) is 6.08 Å². The van der Waals surface area contributed by atoms with Crippen LogP contribution in [0.2, 0.25) is 0 Å². The lowest BCUT2D eigenvalue weighted by atomic mass is 10.1. The number of hydrogen-bond donors (Lipinski definition) is 2. The van der Waals surface area contributed by atoms with E-state index in [9.17, 15) is 14.4 Å². The van der Waals surface area contributed by atoms with Crippen LogP contribution in [0.15, 0.2) is 47.0 Å². The third-order valence-corrected chi connectivity index (χ3v) is 7.04. The number of hydrogen-bond acceptors (Lipinski definition) is 7. The third kappa shape index (κ3) is 4.98. The molecule has 0 bridgehead atoms. The molecule has 192 valence electrons. The normalized spacial score (nSPS) is 17.9. The first-order valence-corrected chi connectivity index (χ1v) is 12.3. The molecule has 0 spiro atoms. The van der Waals surface area contributed by atoms with Crippen molar-refractivity contribution in [3.05, 3.63) is 65.1 Å². The van der Waals surface area contributed by atoms with Crippen LogP contribution in [0, 0.1) is 6.92 Å². The number of anilines is 1. The van der Waals surface area contributed by atoms with E-state index in [4.69, 9.17) is 10.2 Å². The summed E-state index contributed by atoms with van der Waals surface area (Å²) in [5.74, 6) is 0.739. The van der Waals surface area contributed by atoms with Crippen LogP contribution in [-0.2, 0) is 27.5 Å². The van der Waals surface area contributed by atoms with Crippen molar-refractivity contribution in [3.8, 4) is 0 Å². The summed E-state index contributed by atoms with van der Waals surface area (Å²) in [6.07, 6.45) is 4.86. The largest absolute Gasteiger partial charge is 0.459 e. The van der Waals surface area contributed by atoms with Gasteiger partial charge in [0.25, 0.3) is 0 Å². The summed E-state index contributed by atoms with van der Waals surface area (Å²) in [6.45, 7) is 4.18. The molecule has 0 radical (unpaired) electrons. The van der Waals surface area contributed by atoms with Crippen LogP contribution in [0.5, 0.6) is 0 Å². The Hall–Kier alpha value is -4.02. The Kier molecular flexibility index (Phi) is 6.77. The van der Waals surface area contributed by atoms with Gasteiger partial charge in [-0.05, 0) is 30.7 Å². The van der Waals surface area contributed by atoms with Gasteiger partial charge in [-0.15, -0.1) is 0 Å². The van der Waals surface area contributed by atoms with Crippen molar-refractivity contribution in [2.75, 3.05) is 38.5 Å². The minimum absolute atomic E-state index is 0.0718. The molecular weight excluding hydrogens is 472 g/mol. The second-order valence-corrected chi connectivity index (χ2v) is 9.47. The average Bonchev–Trinajstić information content (AvgIpc) is 3.14. The van der Waals surface area contributed by atoms with Crippen molar-refractivity contribution in [3.63, 3.8) is 0 Å². The molecule has 1 aromatic carbocycles. The molecule has 37 heavy (non-hydrogen) atoms. The molecule has 4 heterocycles. The lowest BCUT2D eigenvalue weighted by Crippen LogP contribution is -2.58. The molecule has 10 nitrogen and oxygen atoms in total. The van der Waals surface area contributed by atoms with E-state index in [0.717, 1.165) is 33.4 Å². The second kappa shape index (κ2) is 10.2. The van der Waals surface area contributed by atoms with E-state index in [1.54, 1.807) is 29.1 Å². The van der Waals surface area contributed by atoms with Gasteiger partial charge in [0.15, 0.2) is 0 Å². The summed E-state index contributed by atoms with van der Waals surface area (Å²) < 4.78 is 5.94. The molecule has 0 aliphatic carbocycles. The number of furan rings is 1. The lowest BCUT2D eigenvalue weighted by molar-refractivity contribution is -0.135. The zero-order valence-corrected chi connectivity index (χ0v) is 20.9. The zero-order valence-electron chi connectivity index (χ0n) is 20.9. The molecule has 3 N–H and O–H groups in total. The highest BCUT2D eigenvalue weighted by Crippen LogP contribution is 2.27. The molecule has 0 saturated carbocycles. The van der Waals surface area contributed by atoms with Gasteiger partial charge in [0.2, 0.25) is 17.7 Å². The fraction of sp³-hybridized carbons (Fsp3) is 0.333. The summed E-state index contributed by atoms with van der Waals surface area (Å²) in [7, 11) is 1.74. The van der Waals surface area contributed by atoms with Gasteiger partial charge in [0.1, 0.15) is 23.2 Å². The number of benzene rings is 1. The predicted molar refractivity (Wildman–Crippen MR) is 139 cm³/mol. The highest BCUT2D eigenvalue weighted by molar-refractivity contribution is 5.96. The average molecular weight is 503 g/mol. The van der Waals surface area contributed by atoms with Gasteiger partial charge in [-0.1, -0.05) is 18.2 Å². The summed E-state index contributed by atoms with van der Waals surface area (Å²) in [5.41, 5.74) is 8.95. The van der Waals surface area contributed by atoms with Crippen molar-refractivity contribution >= 4 is 40.6 Å². The molecule has 1 atom stereocenters. The molecule has 1 unspecified atom stereocenters. The Balaban J connectivity index is 1.27. The Bertz CT molecular complexity index is 1400. The summed E-state index contributed by atoms with van der Waals surface area (Å²) in [5, 5.41) is 3.93. The van der Waals surface area contributed by atoms with E-state index < -0.39 is 6.04 Å². The number of piperazine rings is 1. The molecule has 2 aliphatic heterocycles. The first kappa shape index (κ1) is 24.7. The molecule has 2 aromatic heterocycles. The lowest BCUT2D eigenvalue weighted by Gasteiger charge is -2.39. The van der Waals surface area contributed by atoms with Crippen LogP contribution < -0.4 is 11.1 Å². The number of amides is 3.